The Bertz CT molecular complexity index is 824. The number of rotatable bonds is 4. The van der Waals surface area contributed by atoms with E-state index >= 15 is 0 Å². The zero-order chi connectivity index (χ0) is 17.7. The van der Waals surface area contributed by atoms with Crippen molar-refractivity contribution in [2.75, 3.05) is 13.1 Å². The molecule has 2 aromatic rings. The summed E-state index contributed by atoms with van der Waals surface area (Å²) in [6.07, 6.45) is 4.34. The predicted molar refractivity (Wildman–Crippen MR) is 100 cm³/mol. The molecule has 1 aliphatic carbocycles. The number of aromatic nitrogens is 3. The first-order valence-corrected chi connectivity index (χ1v) is 10.5. The Labute approximate surface area is 157 Å². The fourth-order valence-electron chi connectivity index (χ4n) is 4.51. The first-order chi connectivity index (χ1) is 12.7. The molecule has 4 heterocycles. The molecule has 1 saturated carbocycles. The van der Waals surface area contributed by atoms with Crippen LogP contribution in [0, 0.1) is 18.8 Å². The minimum atomic E-state index is -0.0455. The van der Waals surface area contributed by atoms with Crippen LogP contribution in [0.25, 0.3) is 0 Å². The van der Waals surface area contributed by atoms with Crippen molar-refractivity contribution in [2.45, 2.75) is 51.7 Å². The minimum Gasteiger partial charge on any atom is -0.347 e. The van der Waals surface area contributed by atoms with Gasteiger partial charge in [0, 0.05) is 48.4 Å². The Morgan fingerprint density at radius 2 is 2.08 bits per heavy atom. The van der Waals surface area contributed by atoms with Gasteiger partial charge in [-0.3, -0.25) is 9.69 Å². The molecular weight excluding hydrogens is 346 g/mol. The van der Waals surface area contributed by atoms with Gasteiger partial charge in [-0.2, -0.15) is 0 Å². The van der Waals surface area contributed by atoms with Crippen molar-refractivity contribution >= 4 is 17.2 Å². The molecule has 0 unspecified atom stereocenters. The molecule has 0 radical (unpaired) electrons. The molecule has 6 nitrogen and oxygen atoms in total. The lowest BCUT2D eigenvalue weighted by Crippen LogP contribution is -2.41. The maximum absolute atomic E-state index is 12.5. The van der Waals surface area contributed by atoms with E-state index in [1.54, 1.807) is 0 Å². The Hall–Kier alpha value is -1.73. The van der Waals surface area contributed by atoms with Crippen LogP contribution in [-0.2, 0) is 19.5 Å². The highest BCUT2D eigenvalue weighted by Crippen LogP contribution is 2.34. The number of hydrogen-bond acceptors (Lipinski definition) is 5. The van der Waals surface area contributed by atoms with E-state index in [2.05, 4.69) is 44.0 Å². The Kier molecular flexibility index (Phi) is 4.09. The van der Waals surface area contributed by atoms with Gasteiger partial charge in [-0.25, -0.2) is 0 Å². The molecule has 1 N–H and O–H groups in total. The maximum Gasteiger partial charge on any atom is 0.289 e. The Balaban J connectivity index is 1.27. The molecule has 2 aliphatic heterocycles. The Morgan fingerprint density at radius 3 is 2.81 bits per heavy atom. The molecule has 1 saturated heterocycles. The molecule has 0 aromatic carbocycles. The number of nitrogens with one attached hydrogen (secondary N) is 1. The van der Waals surface area contributed by atoms with Gasteiger partial charge in [-0.1, -0.05) is 0 Å². The van der Waals surface area contributed by atoms with Gasteiger partial charge < -0.3 is 9.88 Å². The van der Waals surface area contributed by atoms with Crippen LogP contribution < -0.4 is 5.32 Å². The van der Waals surface area contributed by atoms with Crippen molar-refractivity contribution in [2.24, 2.45) is 11.8 Å². The highest BCUT2D eigenvalue weighted by Gasteiger charge is 2.39. The van der Waals surface area contributed by atoms with Crippen LogP contribution in [0.15, 0.2) is 12.1 Å². The maximum atomic E-state index is 12.5. The number of fused-ring (bicyclic) bond motifs is 2. The zero-order valence-corrected chi connectivity index (χ0v) is 16.0. The van der Waals surface area contributed by atoms with Crippen molar-refractivity contribution in [1.82, 2.24) is 25.0 Å². The van der Waals surface area contributed by atoms with Crippen LogP contribution in [-0.4, -0.2) is 44.7 Å². The number of nitrogens with zero attached hydrogens (tertiary/aromatic N) is 4. The van der Waals surface area contributed by atoms with E-state index < -0.39 is 0 Å². The molecule has 2 aromatic heterocycles. The average Bonchev–Trinajstić information content (AvgIpc) is 3.26. The zero-order valence-electron chi connectivity index (χ0n) is 15.1. The molecule has 3 aliphatic rings. The molecule has 2 fully saturated rings. The van der Waals surface area contributed by atoms with E-state index in [0.717, 1.165) is 51.3 Å². The molecule has 138 valence electrons. The van der Waals surface area contributed by atoms with Crippen LogP contribution >= 0.6 is 11.3 Å². The van der Waals surface area contributed by atoms with Crippen LogP contribution in [0.1, 0.15) is 45.5 Å². The third kappa shape index (κ3) is 2.97. The summed E-state index contributed by atoms with van der Waals surface area (Å²) in [6.45, 7) is 6.31. The van der Waals surface area contributed by atoms with E-state index in [0.29, 0.717) is 23.7 Å². The summed E-state index contributed by atoms with van der Waals surface area (Å²) in [6, 6.07) is 4.79. The predicted octanol–water partition coefficient (Wildman–Crippen LogP) is 2.23. The van der Waals surface area contributed by atoms with Crippen molar-refractivity contribution in [3.05, 3.63) is 33.5 Å². The van der Waals surface area contributed by atoms with E-state index in [9.17, 15) is 4.79 Å². The highest BCUT2D eigenvalue weighted by atomic mass is 32.1. The number of thiophene rings is 1. The van der Waals surface area contributed by atoms with E-state index in [4.69, 9.17) is 0 Å². The largest absolute Gasteiger partial charge is 0.347 e. The van der Waals surface area contributed by atoms with Gasteiger partial charge in [0.15, 0.2) is 0 Å². The average molecular weight is 372 g/mol. The monoisotopic (exact) mass is 371 g/mol. The molecule has 1 amide bonds. The molecule has 0 bridgehead atoms. The third-order valence-electron chi connectivity index (χ3n) is 6.16. The second-order valence-corrected chi connectivity index (χ2v) is 9.45. The summed E-state index contributed by atoms with van der Waals surface area (Å²) in [5.41, 5.74) is 0. The molecule has 26 heavy (non-hydrogen) atoms. The van der Waals surface area contributed by atoms with E-state index in [-0.39, 0.29) is 5.91 Å². The Morgan fingerprint density at radius 1 is 1.23 bits per heavy atom. The fraction of sp³-hybridized carbons (Fsp3) is 0.632. The van der Waals surface area contributed by atoms with Gasteiger partial charge in [0.25, 0.3) is 5.91 Å². The summed E-state index contributed by atoms with van der Waals surface area (Å²) in [7, 11) is 0. The second-order valence-electron chi connectivity index (χ2n) is 8.08. The van der Waals surface area contributed by atoms with Gasteiger partial charge in [-0.05, 0) is 50.2 Å². The van der Waals surface area contributed by atoms with Crippen molar-refractivity contribution in [1.29, 1.82) is 0 Å². The summed E-state index contributed by atoms with van der Waals surface area (Å²) in [4.78, 5) is 17.9. The molecule has 7 heteroatoms. The van der Waals surface area contributed by atoms with Crippen LogP contribution in [0.4, 0.5) is 0 Å². The topological polar surface area (TPSA) is 63.1 Å². The normalized spacial score (nSPS) is 25.6. The fourth-order valence-corrected chi connectivity index (χ4v) is 5.44. The van der Waals surface area contributed by atoms with E-state index in [1.807, 2.05) is 11.3 Å². The smallest absolute Gasteiger partial charge is 0.289 e. The molecule has 0 spiro atoms. The highest BCUT2D eigenvalue weighted by molar-refractivity contribution is 7.11. The SMILES string of the molecule is Cc1ccc(CN2C[C@H]3Cc4nnc(C(=O)NC5CCC5)n4C[C@H]3C2)s1. The number of hydrogen-bond donors (Lipinski definition) is 1. The van der Waals surface area contributed by atoms with Gasteiger partial charge in [-0.15, -0.1) is 21.5 Å². The summed E-state index contributed by atoms with van der Waals surface area (Å²) < 4.78 is 2.08. The lowest BCUT2D eigenvalue weighted by atomic mass is 9.89. The number of aryl methyl sites for hydroxylation is 1. The number of carbonyl (C=O) groups is 1. The lowest BCUT2D eigenvalue weighted by Gasteiger charge is -2.28. The van der Waals surface area contributed by atoms with Gasteiger partial charge in [0.05, 0.1) is 0 Å². The third-order valence-corrected chi connectivity index (χ3v) is 7.15. The summed E-state index contributed by atoms with van der Waals surface area (Å²) in [5.74, 6) is 2.68. The molecule has 5 rings (SSSR count). The number of carbonyl (C=O) groups excluding carboxylic acids is 1. The van der Waals surface area contributed by atoms with E-state index in [1.165, 1.54) is 16.2 Å². The van der Waals surface area contributed by atoms with Crippen LogP contribution in [0.2, 0.25) is 0 Å². The van der Waals surface area contributed by atoms with Crippen molar-refractivity contribution < 1.29 is 4.79 Å². The number of likely N-dealkylation sites (tertiary alicyclic amines) is 1. The molecular formula is C19H25N5OS. The first kappa shape index (κ1) is 16.4. The summed E-state index contributed by atoms with van der Waals surface area (Å²) in [5, 5.41) is 11.7. The quantitative estimate of drug-likeness (QED) is 0.895. The van der Waals surface area contributed by atoms with Crippen LogP contribution in [0.5, 0.6) is 0 Å². The first-order valence-electron chi connectivity index (χ1n) is 9.66. The standard InChI is InChI=1S/C19H25N5OS/c1-12-5-6-16(26-12)11-23-8-13-7-17-21-22-18(24(17)10-14(13)9-23)19(25)20-15-3-2-4-15/h5-6,13-15H,2-4,7-11H2,1H3,(H,20,25)/t13-,14-/m1/s1. The van der Waals surface area contributed by atoms with Crippen LogP contribution in [0.3, 0.4) is 0 Å². The number of amides is 1. The second kappa shape index (κ2) is 6.46. The van der Waals surface area contributed by atoms with Gasteiger partial charge >= 0.3 is 0 Å². The van der Waals surface area contributed by atoms with Gasteiger partial charge in [0.1, 0.15) is 5.82 Å². The lowest BCUT2D eigenvalue weighted by molar-refractivity contribution is 0.0898. The van der Waals surface area contributed by atoms with Gasteiger partial charge in [0.2, 0.25) is 5.82 Å². The molecule has 2 atom stereocenters. The van der Waals surface area contributed by atoms with Crippen molar-refractivity contribution in [3.8, 4) is 0 Å². The summed E-state index contributed by atoms with van der Waals surface area (Å²) >= 11 is 1.89. The van der Waals surface area contributed by atoms with Crippen molar-refractivity contribution in [3.63, 3.8) is 0 Å². The minimum absolute atomic E-state index is 0.0455.